The van der Waals surface area contributed by atoms with Gasteiger partial charge in [0.2, 0.25) is 5.91 Å². The number of halogens is 1. The third-order valence-corrected chi connectivity index (χ3v) is 2.75. The number of aryl methyl sites for hydroxylation is 1. The van der Waals surface area contributed by atoms with Crippen molar-refractivity contribution in [2.45, 2.75) is 6.42 Å². The van der Waals surface area contributed by atoms with Crippen molar-refractivity contribution < 1.29 is 9.18 Å². The van der Waals surface area contributed by atoms with Crippen LogP contribution in [0.3, 0.4) is 0 Å². The van der Waals surface area contributed by atoms with Crippen LogP contribution in [0.2, 0.25) is 0 Å². The van der Waals surface area contributed by atoms with Gasteiger partial charge in [-0.05, 0) is 30.2 Å². The maximum absolute atomic E-state index is 13.0. The molecule has 5 heteroatoms. The van der Waals surface area contributed by atoms with E-state index in [1.807, 2.05) is 19.3 Å². The third-order valence-electron chi connectivity index (χ3n) is 2.75. The van der Waals surface area contributed by atoms with Crippen LogP contribution in [-0.2, 0) is 18.3 Å². The number of carbonyl (C=O) groups excluding carboxylic acids is 1. The molecule has 0 atom stereocenters. The summed E-state index contributed by atoms with van der Waals surface area (Å²) in [5.74, 6) is -0.435. The Labute approximate surface area is 116 Å². The lowest BCUT2D eigenvalue weighted by Gasteiger charge is -2.02. The topological polar surface area (TPSA) is 46.9 Å². The van der Waals surface area contributed by atoms with Crippen LogP contribution in [0, 0.1) is 5.82 Å². The largest absolute Gasteiger partial charge is 0.352 e. The zero-order valence-corrected chi connectivity index (χ0v) is 11.2. The Hall–Kier alpha value is -2.43. The first kappa shape index (κ1) is 14.0. The maximum Gasteiger partial charge on any atom is 0.244 e. The van der Waals surface area contributed by atoms with Gasteiger partial charge >= 0.3 is 0 Å². The predicted octanol–water partition coefficient (Wildman–Crippen LogP) is 1.93. The molecule has 1 amide bonds. The number of carbonyl (C=O) groups is 1. The molecule has 0 aliphatic heterocycles. The zero-order chi connectivity index (χ0) is 14.4. The van der Waals surface area contributed by atoms with E-state index in [2.05, 4.69) is 10.4 Å². The maximum atomic E-state index is 13.0. The lowest BCUT2D eigenvalue weighted by Crippen LogP contribution is -2.23. The first-order chi connectivity index (χ1) is 9.63. The molecule has 0 unspecified atom stereocenters. The summed E-state index contributed by atoms with van der Waals surface area (Å²) in [4.78, 5) is 11.6. The molecule has 0 aliphatic carbocycles. The van der Waals surface area contributed by atoms with E-state index in [0.29, 0.717) is 13.0 Å². The van der Waals surface area contributed by atoms with Gasteiger partial charge in [0.05, 0.1) is 6.20 Å². The van der Waals surface area contributed by atoms with Crippen molar-refractivity contribution in [1.29, 1.82) is 0 Å². The molecule has 0 spiro atoms. The van der Waals surface area contributed by atoms with Crippen LogP contribution in [-0.4, -0.2) is 22.2 Å². The molecule has 0 bridgehead atoms. The Balaban J connectivity index is 1.76. The normalized spacial score (nSPS) is 10.9. The van der Waals surface area contributed by atoms with Gasteiger partial charge in [0.25, 0.3) is 0 Å². The number of rotatable bonds is 5. The highest BCUT2D eigenvalue weighted by atomic mass is 19.1. The van der Waals surface area contributed by atoms with Gasteiger partial charge in [-0.3, -0.25) is 9.48 Å². The van der Waals surface area contributed by atoms with Crippen molar-refractivity contribution in [3.05, 3.63) is 59.7 Å². The third kappa shape index (κ3) is 4.35. The van der Waals surface area contributed by atoms with E-state index >= 15 is 0 Å². The molecule has 1 aromatic heterocycles. The minimum Gasteiger partial charge on any atom is -0.352 e. The average Bonchev–Trinajstić information content (AvgIpc) is 2.82. The quantitative estimate of drug-likeness (QED) is 0.846. The van der Waals surface area contributed by atoms with Crippen LogP contribution in [0.1, 0.15) is 11.1 Å². The van der Waals surface area contributed by atoms with E-state index < -0.39 is 0 Å². The van der Waals surface area contributed by atoms with Crippen LogP contribution in [0.4, 0.5) is 4.39 Å². The van der Waals surface area contributed by atoms with Crippen molar-refractivity contribution in [3.8, 4) is 0 Å². The van der Waals surface area contributed by atoms with Gasteiger partial charge in [0.15, 0.2) is 0 Å². The number of amides is 1. The van der Waals surface area contributed by atoms with Crippen molar-refractivity contribution in [1.82, 2.24) is 15.1 Å². The Bertz CT molecular complexity index is 619. The monoisotopic (exact) mass is 273 g/mol. The van der Waals surface area contributed by atoms with E-state index in [0.717, 1.165) is 11.1 Å². The first-order valence-corrected chi connectivity index (χ1v) is 6.32. The van der Waals surface area contributed by atoms with E-state index in [9.17, 15) is 9.18 Å². The minimum absolute atomic E-state index is 0.176. The molecule has 0 fully saturated rings. The van der Waals surface area contributed by atoms with Crippen molar-refractivity contribution in [2.75, 3.05) is 6.54 Å². The van der Waals surface area contributed by atoms with E-state index in [1.54, 1.807) is 23.0 Å². The second-order valence-corrected chi connectivity index (χ2v) is 4.45. The minimum atomic E-state index is -0.259. The molecule has 2 aromatic rings. The Morgan fingerprint density at radius 1 is 1.50 bits per heavy atom. The Morgan fingerprint density at radius 3 is 3.05 bits per heavy atom. The van der Waals surface area contributed by atoms with Crippen LogP contribution >= 0.6 is 0 Å². The summed E-state index contributed by atoms with van der Waals surface area (Å²) in [5.41, 5.74) is 1.73. The fourth-order valence-electron chi connectivity index (χ4n) is 1.78. The smallest absolute Gasteiger partial charge is 0.244 e. The summed E-state index contributed by atoms with van der Waals surface area (Å²) in [5, 5.41) is 6.76. The molecular weight excluding hydrogens is 257 g/mol. The lowest BCUT2D eigenvalue weighted by atomic mass is 10.1. The van der Waals surface area contributed by atoms with Crippen LogP contribution < -0.4 is 5.32 Å². The number of benzene rings is 1. The van der Waals surface area contributed by atoms with Gasteiger partial charge in [-0.1, -0.05) is 12.1 Å². The molecule has 104 valence electrons. The fourth-order valence-corrected chi connectivity index (χ4v) is 1.78. The van der Waals surface area contributed by atoms with E-state index in [4.69, 9.17) is 0 Å². The summed E-state index contributed by atoms with van der Waals surface area (Å²) >= 11 is 0. The molecule has 1 aromatic carbocycles. The number of aromatic nitrogens is 2. The molecule has 0 radical (unpaired) electrons. The highest BCUT2D eigenvalue weighted by Crippen LogP contribution is 2.03. The van der Waals surface area contributed by atoms with Gasteiger partial charge in [-0.25, -0.2) is 4.39 Å². The predicted molar refractivity (Wildman–Crippen MR) is 75.4 cm³/mol. The van der Waals surface area contributed by atoms with Crippen LogP contribution in [0.15, 0.2) is 42.7 Å². The van der Waals surface area contributed by atoms with Crippen molar-refractivity contribution in [3.63, 3.8) is 0 Å². The SMILES string of the molecule is Cn1cc(/C=C/C(=O)NCCc2cccc(F)c2)cn1. The lowest BCUT2D eigenvalue weighted by molar-refractivity contribution is -0.116. The van der Waals surface area contributed by atoms with Gasteiger partial charge in [0.1, 0.15) is 5.82 Å². The molecule has 0 aliphatic rings. The number of nitrogens with zero attached hydrogens (tertiary/aromatic N) is 2. The van der Waals surface area contributed by atoms with Gasteiger partial charge in [-0.15, -0.1) is 0 Å². The van der Waals surface area contributed by atoms with Gasteiger partial charge in [-0.2, -0.15) is 5.10 Å². The standard InChI is InChI=1S/C15H16FN3O/c1-19-11-13(10-18-19)5-6-15(20)17-8-7-12-3-2-4-14(16)9-12/h2-6,9-11H,7-8H2,1H3,(H,17,20)/b6-5+. The second kappa shape index (κ2) is 6.65. The number of nitrogens with one attached hydrogen (secondary N) is 1. The molecule has 2 rings (SSSR count). The van der Waals surface area contributed by atoms with Gasteiger partial charge in [0, 0.05) is 31.4 Å². The average molecular weight is 273 g/mol. The second-order valence-electron chi connectivity index (χ2n) is 4.45. The van der Waals surface area contributed by atoms with Crippen molar-refractivity contribution >= 4 is 12.0 Å². The molecular formula is C15H16FN3O. The molecule has 0 saturated heterocycles. The summed E-state index contributed by atoms with van der Waals surface area (Å²) in [6, 6.07) is 6.37. The summed E-state index contributed by atoms with van der Waals surface area (Å²) in [6.45, 7) is 0.472. The summed E-state index contributed by atoms with van der Waals surface area (Å²) in [7, 11) is 1.82. The molecule has 20 heavy (non-hydrogen) atoms. The van der Waals surface area contributed by atoms with Crippen LogP contribution in [0.25, 0.3) is 6.08 Å². The molecule has 4 nitrogen and oxygen atoms in total. The highest BCUT2D eigenvalue weighted by molar-refractivity contribution is 5.91. The first-order valence-electron chi connectivity index (χ1n) is 6.32. The molecule has 0 saturated carbocycles. The zero-order valence-electron chi connectivity index (χ0n) is 11.2. The molecule has 1 heterocycles. The van der Waals surface area contributed by atoms with Crippen LogP contribution in [0.5, 0.6) is 0 Å². The molecule has 1 N–H and O–H groups in total. The number of hydrogen-bond donors (Lipinski definition) is 1. The van der Waals surface area contributed by atoms with Crippen molar-refractivity contribution in [2.24, 2.45) is 7.05 Å². The summed E-state index contributed by atoms with van der Waals surface area (Å²) in [6.07, 6.45) is 7.25. The number of hydrogen-bond acceptors (Lipinski definition) is 2. The Morgan fingerprint density at radius 2 is 2.35 bits per heavy atom. The highest BCUT2D eigenvalue weighted by Gasteiger charge is 1.98. The Kier molecular flexibility index (Phi) is 4.65. The van der Waals surface area contributed by atoms with E-state index in [-0.39, 0.29) is 11.7 Å². The fraction of sp³-hybridized carbons (Fsp3) is 0.200. The summed E-state index contributed by atoms with van der Waals surface area (Å²) < 4.78 is 14.6. The van der Waals surface area contributed by atoms with Gasteiger partial charge < -0.3 is 5.32 Å². The van der Waals surface area contributed by atoms with E-state index in [1.165, 1.54) is 18.2 Å².